The fourth-order valence-corrected chi connectivity index (χ4v) is 5.15. The highest BCUT2D eigenvalue weighted by Gasteiger charge is 2.20. The number of aliphatic imine (C=N–C) groups is 2. The van der Waals surface area contributed by atoms with Crippen LogP contribution in [-0.2, 0) is 0 Å². The van der Waals surface area contributed by atoms with Gasteiger partial charge in [-0.15, -0.1) is 0 Å². The predicted molar refractivity (Wildman–Crippen MR) is 183 cm³/mol. The van der Waals surface area contributed by atoms with E-state index in [9.17, 15) is 9.59 Å². The summed E-state index contributed by atoms with van der Waals surface area (Å²) >= 11 is 0. The van der Waals surface area contributed by atoms with Gasteiger partial charge in [-0.05, 0) is 98.5 Å². The molecule has 0 aromatic carbocycles. The Labute approximate surface area is 266 Å². The molecule has 0 saturated carbocycles. The number of hydrogen-bond donors (Lipinski definition) is 6. The minimum absolute atomic E-state index is 0.0141. The zero-order chi connectivity index (χ0) is 33.7. The molecular formula is C32H38N12O2. The van der Waals surface area contributed by atoms with Gasteiger partial charge in [0.25, 0.3) is 0 Å². The van der Waals surface area contributed by atoms with Crippen LogP contribution in [0.15, 0.2) is 58.5 Å². The van der Waals surface area contributed by atoms with Crippen LogP contribution in [0.4, 0.5) is 0 Å². The monoisotopic (exact) mass is 623 g/mol. The lowest BCUT2D eigenvalue weighted by Crippen LogP contribution is -2.34. The fourth-order valence-electron chi connectivity index (χ4n) is 5.15. The topological polar surface area (TPSA) is 251 Å². The van der Waals surface area contributed by atoms with Gasteiger partial charge in [0.15, 0.2) is 11.9 Å². The second-order valence-corrected chi connectivity index (χ2v) is 10.9. The van der Waals surface area contributed by atoms with Crippen LogP contribution in [0.3, 0.4) is 0 Å². The molecule has 3 aromatic rings. The van der Waals surface area contributed by atoms with Gasteiger partial charge in [-0.3, -0.25) is 28.7 Å². The van der Waals surface area contributed by atoms with Crippen LogP contribution in [0.1, 0.15) is 59.4 Å². The Hall–Kier alpha value is -5.60. The van der Waals surface area contributed by atoms with Gasteiger partial charge in [-0.2, -0.15) is 0 Å². The van der Waals surface area contributed by atoms with Crippen LogP contribution < -0.4 is 34.4 Å². The van der Waals surface area contributed by atoms with Crippen molar-refractivity contribution in [2.75, 3.05) is 13.1 Å². The lowest BCUT2D eigenvalue weighted by molar-refractivity contribution is 0.0877. The van der Waals surface area contributed by atoms with Crippen molar-refractivity contribution in [3.05, 3.63) is 71.3 Å². The molecule has 12 N–H and O–H groups in total. The van der Waals surface area contributed by atoms with Crippen molar-refractivity contribution in [3.63, 3.8) is 0 Å². The van der Waals surface area contributed by atoms with Crippen LogP contribution >= 0.6 is 0 Å². The van der Waals surface area contributed by atoms with Crippen molar-refractivity contribution in [1.82, 2.24) is 19.1 Å². The zero-order valence-corrected chi connectivity index (χ0v) is 25.2. The second-order valence-electron chi connectivity index (χ2n) is 10.9. The van der Waals surface area contributed by atoms with Crippen LogP contribution in [0.25, 0.3) is 46.4 Å². The van der Waals surface area contributed by atoms with Gasteiger partial charge in [-0.1, -0.05) is 0 Å². The van der Waals surface area contributed by atoms with Gasteiger partial charge >= 0.3 is 0 Å². The molecule has 0 spiro atoms. The van der Waals surface area contributed by atoms with Crippen LogP contribution in [0, 0.1) is 0 Å². The first-order chi connectivity index (χ1) is 22.5. The average molecular weight is 624 g/mol. The Morgan fingerprint density at radius 2 is 1.02 bits per heavy atom. The highest BCUT2D eigenvalue weighted by Crippen LogP contribution is 2.22. The normalized spacial score (nSPS) is 13.6. The summed E-state index contributed by atoms with van der Waals surface area (Å²) < 4.78 is 11.7. The highest BCUT2D eigenvalue weighted by atomic mass is 16.2. The Kier molecular flexibility index (Phi) is 9.27. The van der Waals surface area contributed by atoms with Crippen molar-refractivity contribution in [1.29, 1.82) is 0 Å². The lowest BCUT2D eigenvalue weighted by atomic mass is 10.1. The van der Waals surface area contributed by atoms with Gasteiger partial charge in [-0.25, -0.2) is 9.97 Å². The average Bonchev–Trinajstić information content (AvgIpc) is 3.81. The SMILES string of the molecule is [2H]c1cc2cc3nc(cc4ccc(cc5nc(cc1n2C(=O)[C@@H](N)CCCN=C(N)N)C=C5)n4C(=O)[C@@H](N)CCCN=C(N)N)C=C3. The largest absolute Gasteiger partial charge is 0.370 e. The molecular weight excluding hydrogens is 584 g/mol. The number of carbonyl (C=O) groups excluding carboxylic acids is 2. The molecule has 0 unspecified atom stereocenters. The third kappa shape index (κ3) is 7.54. The molecule has 0 amide bonds. The summed E-state index contributed by atoms with van der Waals surface area (Å²) in [6, 6.07) is 10.6. The van der Waals surface area contributed by atoms with E-state index >= 15 is 0 Å². The highest BCUT2D eigenvalue weighted by molar-refractivity contribution is 5.95. The molecule has 14 nitrogen and oxygen atoms in total. The number of aromatic nitrogens is 4. The Morgan fingerprint density at radius 1 is 0.652 bits per heavy atom. The molecule has 5 rings (SSSR count). The fraction of sp³-hybridized carbons (Fsp3) is 0.250. The predicted octanol–water partition coefficient (Wildman–Crippen LogP) is 1.64. The first kappa shape index (κ1) is 30.4. The summed E-state index contributed by atoms with van der Waals surface area (Å²) in [5.41, 5.74) is 38.4. The van der Waals surface area contributed by atoms with E-state index in [0.717, 1.165) is 0 Å². The molecule has 2 aliphatic heterocycles. The van der Waals surface area contributed by atoms with E-state index in [-0.39, 0.29) is 29.8 Å². The van der Waals surface area contributed by atoms with E-state index in [1.54, 1.807) is 59.2 Å². The minimum Gasteiger partial charge on any atom is -0.370 e. The van der Waals surface area contributed by atoms with E-state index in [1.165, 1.54) is 4.57 Å². The maximum absolute atomic E-state index is 13.7. The maximum atomic E-state index is 13.7. The molecule has 5 heterocycles. The molecule has 0 aliphatic carbocycles. The molecule has 0 radical (unpaired) electrons. The van der Waals surface area contributed by atoms with Gasteiger partial charge in [0.1, 0.15) is 0 Å². The van der Waals surface area contributed by atoms with Crippen LogP contribution in [0.2, 0.25) is 0 Å². The quantitative estimate of drug-likeness (QED) is 0.0745. The van der Waals surface area contributed by atoms with Crippen molar-refractivity contribution < 1.29 is 11.0 Å². The third-order valence-electron chi connectivity index (χ3n) is 7.36. The number of nitrogens with zero attached hydrogens (tertiary/aromatic N) is 6. The molecule has 46 heavy (non-hydrogen) atoms. The lowest BCUT2D eigenvalue weighted by Gasteiger charge is -2.12. The van der Waals surface area contributed by atoms with E-state index < -0.39 is 12.1 Å². The summed E-state index contributed by atoms with van der Waals surface area (Å²) in [6.45, 7) is 0.701. The van der Waals surface area contributed by atoms with E-state index in [2.05, 4.69) is 15.0 Å². The van der Waals surface area contributed by atoms with Crippen molar-refractivity contribution >= 4 is 70.1 Å². The zero-order valence-electron chi connectivity index (χ0n) is 26.2. The molecule has 238 valence electrons. The standard InChI is InChI=1S/C32H38N12O2/c33-27(3-1-13-39-31(35)36)29(45)43-23-9-10-24(43)16-20-6-8-22(42-20)18-26-12-11-25(17-21-7-5-19(15-23)41-21)44(26)30(46)28(34)4-2-14-40-32(37)38/h5-12,15-18,27-28H,1-4,13-14,33-34H2,(H4,35,36,39)(H4,37,38,40)/t27-,28-/m0/s1/i9D. The maximum Gasteiger partial charge on any atom is 0.248 e. The minimum atomic E-state index is -0.871. The third-order valence-corrected chi connectivity index (χ3v) is 7.36. The smallest absolute Gasteiger partial charge is 0.248 e. The number of fused-ring (bicyclic) bond motifs is 8. The van der Waals surface area contributed by atoms with Gasteiger partial charge in [0, 0.05) is 13.1 Å². The summed E-state index contributed by atoms with van der Waals surface area (Å²) in [6.07, 6.45) is 8.89. The van der Waals surface area contributed by atoms with Crippen LogP contribution in [0.5, 0.6) is 0 Å². The molecule has 0 saturated heterocycles. The summed E-state index contributed by atoms with van der Waals surface area (Å²) in [4.78, 5) is 44.7. The molecule has 2 atom stereocenters. The Morgan fingerprint density at radius 3 is 1.43 bits per heavy atom. The first-order valence-corrected chi connectivity index (χ1v) is 14.8. The number of carbonyl (C=O) groups is 2. The van der Waals surface area contributed by atoms with Gasteiger partial charge in [0.05, 0.1) is 58.3 Å². The molecule has 2 aliphatic rings. The van der Waals surface area contributed by atoms with E-state index in [0.29, 0.717) is 83.6 Å². The van der Waals surface area contributed by atoms with Crippen molar-refractivity contribution in [3.8, 4) is 0 Å². The van der Waals surface area contributed by atoms with Crippen molar-refractivity contribution in [2.45, 2.75) is 37.8 Å². The molecule has 14 heteroatoms. The summed E-state index contributed by atoms with van der Waals surface area (Å²) in [5, 5.41) is 0. The number of guanidine groups is 2. The summed E-state index contributed by atoms with van der Waals surface area (Å²) in [7, 11) is 0. The van der Waals surface area contributed by atoms with Crippen LogP contribution in [-0.4, -0.2) is 68.0 Å². The Bertz CT molecular complexity index is 1980. The van der Waals surface area contributed by atoms with Gasteiger partial charge in [0.2, 0.25) is 11.8 Å². The molecule has 3 aromatic heterocycles. The Balaban J connectivity index is 1.63. The van der Waals surface area contributed by atoms with E-state index in [4.69, 9.17) is 40.8 Å². The number of nitrogens with two attached hydrogens (primary N) is 6. The summed E-state index contributed by atoms with van der Waals surface area (Å²) in [5.74, 6) is -0.730. The van der Waals surface area contributed by atoms with Gasteiger partial charge < -0.3 is 34.4 Å². The van der Waals surface area contributed by atoms with Crippen molar-refractivity contribution in [2.24, 2.45) is 44.4 Å². The van der Waals surface area contributed by atoms with E-state index in [1.807, 2.05) is 12.1 Å². The number of rotatable bonds is 10. The first-order valence-electron chi connectivity index (χ1n) is 15.3. The number of hydrogen-bond acceptors (Lipinski definition) is 8. The molecule has 8 bridgehead atoms. The second kappa shape index (κ2) is 14.0. The molecule has 0 fully saturated rings.